The molecule has 0 fully saturated rings. The third-order valence-corrected chi connectivity index (χ3v) is 3.69. The molecular formula is C18H23N3O3. The van der Waals surface area contributed by atoms with Gasteiger partial charge in [0.25, 0.3) is 5.91 Å². The number of nitrogens with zero attached hydrogens (tertiary/aromatic N) is 2. The summed E-state index contributed by atoms with van der Waals surface area (Å²) in [5.41, 5.74) is 1.69. The molecule has 2 N–H and O–H groups in total. The fourth-order valence-electron chi connectivity index (χ4n) is 2.40. The van der Waals surface area contributed by atoms with E-state index in [4.69, 9.17) is 5.11 Å². The minimum atomic E-state index is -0.754. The van der Waals surface area contributed by atoms with Crippen LogP contribution in [0.5, 0.6) is 0 Å². The summed E-state index contributed by atoms with van der Waals surface area (Å²) < 4.78 is 1.75. The molecule has 0 unspecified atom stereocenters. The second kappa shape index (κ2) is 9.50. The molecule has 1 heterocycles. The molecule has 0 bridgehead atoms. The van der Waals surface area contributed by atoms with Crippen LogP contribution in [0.2, 0.25) is 0 Å². The molecule has 0 saturated heterocycles. The van der Waals surface area contributed by atoms with Crippen LogP contribution in [-0.2, 0) is 11.3 Å². The van der Waals surface area contributed by atoms with Gasteiger partial charge in [0.05, 0.1) is 18.3 Å². The van der Waals surface area contributed by atoms with Crippen molar-refractivity contribution >= 4 is 11.9 Å². The zero-order valence-corrected chi connectivity index (χ0v) is 13.6. The van der Waals surface area contributed by atoms with Crippen LogP contribution in [-0.4, -0.2) is 33.3 Å². The first-order valence-corrected chi connectivity index (χ1v) is 8.21. The largest absolute Gasteiger partial charge is 0.481 e. The number of aromatic nitrogens is 2. The van der Waals surface area contributed by atoms with Crippen LogP contribution in [0.25, 0.3) is 0 Å². The van der Waals surface area contributed by atoms with Crippen molar-refractivity contribution in [2.24, 2.45) is 0 Å². The van der Waals surface area contributed by atoms with Crippen LogP contribution in [0.3, 0.4) is 0 Å². The molecule has 1 aromatic heterocycles. The number of carboxylic acids is 1. The average Bonchev–Trinajstić information content (AvgIpc) is 3.03. The molecule has 0 saturated carbocycles. The molecule has 0 spiro atoms. The fraction of sp³-hybridized carbons (Fsp3) is 0.389. The van der Waals surface area contributed by atoms with Gasteiger partial charge in [-0.25, -0.2) is 0 Å². The molecular weight excluding hydrogens is 306 g/mol. The Morgan fingerprint density at radius 3 is 2.58 bits per heavy atom. The maximum absolute atomic E-state index is 12.0. The Kier molecular flexibility index (Phi) is 7.01. The lowest BCUT2D eigenvalue weighted by Crippen LogP contribution is -2.24. The Labute approximate surface area is 141 Å². The minimum absolute atomic E-state index is 0.125. The summed E-state index contributed by atoms with van der Waals surface area (Å²) in [7, 11) is 0. The Morgan fingerprint density at radius 2 is 1.83 bits per heavy atom. The lowest BCUT2D eigenvalue weighted by Gasteiger charge is -2.03. The first kappa shape index (κ1) is 17.7. The summed E-state index contributed by atoms with van der Waals surface area (Å²) in [6.45, 7) is 1.23. The molecule has 1 aromatic carbocycles. The Morgan fingerprint density at radius 1 is 1.08 bits per heavy atom. The van der Waals surface area contributed by atoms with E-state index < -0.39 is 5.97 Å². The van der Waals surface area contributed by atoms with Crippen LogP contribution in [0.4, 0.5) is 0 Å². The summed E-state index contributed by atoms with van der Waals surface area (Å²) in [5.74, 6) is -0.879. The molecule has 6 heteroatoms. The number of rotatable bonds is 10. The van der Waals surface area contributed by atoms with E-state index in [0.717, 1.165) is 24.8 Å². The number of nitrogens with one attached hydrogen (secondary N) is 1. The maximum Gasteiger partial charge on any atom is 0.303 e. The zero-order valence-electron chi connectivity index (χ0n) is 13.6. The Bertz CT molecular complexity index is 653. The number of amides is 1. The van der Waals surface area contributed by atoms with Crippen LogP contribution < -0.4 is 5.32 Å². The SMILES string of the molecule is O=C(O)CCCCCCNC(=O)c1cnn(Cc2ccccc2)c1. The lowest BCUT2D eigenvalue weighted by atomic mass is 10.1. The number of benzene rings is 1. The highest BCUT2D eigenvalue weighted by Crippen LogP contribution is 2.05. The smallest absolute Gasteiger partial charge is 0.303 e. The highest BCUT2D eigenvalue weighted by atomic mass is 16.4. The van der Waals surface area contributed by atoms with Gasteiger partial charge in [-0.2, -0.15) is 5.10 Å². The highest BCUT2D eigenvalue weighted by Gasteiger charge is 2.08. The second-order valence-electron chi connectivity index (χ2n) is 5.73. The van der Waals surface area contributed by atoms with E-state index in [2.05, 4.69) is 10.4 Å². The highest BCUT2D eigenvalue weighted by molar-refractivity contribution is 5.93. The molecule has 24 heavy (non-hydrogen) atoms. The summed E-state index contributed by atoms with van der Waals surface area (Å²) >= 11 is 0. The number of unbranched alkanes of at least 4 members (excludes halogenated alkanes) is 3. The molecule has 6 nitrogen and oxygen atoms in total. The monoisotopic (exact) mass is 329 g/mol. The average molecular weight is 329 g/mol. The van der Waals surface area contributed by atoms with Crippen LogP contribution >= 0.6 is 0 Å². The quantitative estimate of drug-likeness (QED) is 0.656. The van der Waals surface area contributed by atoms with Gasteiger partial charge < -0.3 is 10.4 Å². The van der Waals surface area contributed by atoms with Crippen LogP contribution in [0, 0.1) is 0 Å². The van der Waals surface area contributed by atoms with Crippen molar-refractivity contribution in [3.05, 3.63) is 53.9 Å². The van der Waals surface area contributed by atoms with Gasteiger partial charge in [0.2, 0.25) is 0 Å². The third-order valence-electron chi connectivity index (χ3n) is 3.69. The number of hydrogen-bond acceptors (Lipinski definition) is 3. The molecule has 0 aliphatic heterocycles. The summed E-state index contributed by atoms with van der Waals surface area (Å²) in [4.78, 5) is 22.4. The molecule has 2 aromatic rings. The standard InChI is InChI=1S/C18H23N3O3/c22-17(23)10-6-1-2-7-11-19-18(24)16-12-20-21(14-16)13-15-8-4-3-5-9-15/h3-5,8-9,12,14H,1-2,6-7,10-11,13H2,(H,19,24)(H,22,23). The zero-order chi connectivity index (χ0) is 17.2. The normalized spacial score (nSPS) is 10.5. The van der Waals surface area contributed by atoms with Crippen molar-refractivity contribution < 1.29 is 14.7 Å². The van der Waals surface area contributed by atoms with Gasteiger partial charge in [-0.05, 0) is 18.4 Å². The molecule has 0 aliphatic rings. The van der Waals surface area contributed by atoms with E-state index >= 15 is 0 Å². The van der Waals surface area contributed by atoms with E-state index in [1.807, 2.05) is 30.3 Å². The Hall–Kier alpha value is -2.63. The van der Waals surface area contributed by atoms with Crippen molar-refractivity contribution in [2.75, 3.05) is 6.54 Å². The van der Waals surface area contributed by atoms with E-state index in [1.165, 1.54) is 0 Å². The molecule has 1 amide bonds. The topological polar surface area (TPSA) is 84.2 Å². The number of carboxylic acid groups (broad SMARTS) is 1. The van der Waals surface area contributed by atoms with Gasteiger partial charge in [0.15, 0.2) is 0 Å². The van der Waals surface area contributed by atoms with Gasteiger partial charge in [0, 0.05) is 19.2 Å². The van der Waals surface area contributed by atoms with Crippen molar-refractivity contribution in [3.8, 4) is 0 Å². The van der Waals surface area contributed by atoms with Gasteiger partial charge in [-0.15, -0.1) is 0 Å². The summed E-state index contributed by atoms with van der Waals surface area (Å²) in [6.07, 6.45) is 6.87. The molecule has 0 radical (unpaired) electrons. The van der Waals surface area contributed by atoms with E-state index in [1.54, 1.807) is 17.1 Å². The van der Waals surface area contributed by atoms with E-state index in [-0.39, 0.29) is 12.3 Å². The fourth-order valence-corrected chi connectivity index (χ4v) is 2.40. The molecule has 0 atom stereocenters. The van der Waals surface area contributed by atoms with Gasteiger partial charge in [-0.3, -0.25) is 14.3 Å². The predicted octanol–water partition coefficient (Wildman–Crippen LogP) is 2.70. The molecule has 2 rings (SSSR count). The van der Waals surface area contributed by atoms with Gasteiger partial charge in [-0.1, -0.05) is 43.2 Å². The summed E-state index contributed by atoms with van der Waals surface area (Å²) in [5, 5.41) is 15.6. The van der Waals surface area contributed by atoms with E-state index in [9.17, 15) is 9.59 Å². The molecule has 0 aliphatic carbocycles. The van der Waals surface area contributed by atoms with Crippen molar-refractivity contribution in [3.63, 3.8) is 0 Å². The number of carbonyl (C=O) groups excluding carboxylic acids is 1. The first-order chi connectivity index (χ1) is 11.6. The van der Waals surface area contributed by atoms with Gasteiger partial charge >= 0.3 is 5.97 Å². The van der Waals surface area contributed by atoms with Crippen molar-refractivity contribution in [1.29, 1.82) is 0 Å². The van der Waals surface area contributed by atoms with Crippen molar-refractivity contribution in [1.82, 2.24) is 15.1 Å². The number of aliphatic carboxylic acids is 1. The maximum atomic E-state index is 12.0. The second-order valence-corrected chi connectivity index (χ2v) is 5.73. The first-order valence-electron chi connectivity index (χ1n) is 8.21. The third kappa shape index (κ3) is 6.24. The lowest BCUT2D eigenvalue weighted by molar-refractivity contribution is -0.137. The predicted molar refractivity (Wildman–Crippen MR) is 90.8 cm³/mol. The van der Waals surface area contributed by atoms with E-state index in [0.29, 0.717) is 25.1 Å². The minimum Gasteiger partial charge on any atom is -0.481 e. The molecule has 128 valence electrons. The number of carbonyl (C=O) groups is 2. The van der Waals surface area contributed by atoms with Crippen molar-refractivity contribution in [2.45, 2.75) is 38.6 Å². The Balaban J connectivity index is 1.67. The number of hydrogen-bond donors (Lipinski definition) is 2. The van der Waals surface area contributed by atoms with Crippen LogP contribution in [0.15, 0.2) is 42.7 Å². The summed E-state index contributed by atoms with van der Waals surface area (Å²) in [6, 6.07) is 9.95. The van der Waals surface area contributed by atoms with Gasteiger partial charge in [0.1, 0.15) is 0 Å². The van der Waals surface area contributed by atoms with Crippen LogP contribution in [0.1, 0.15) is 48.0 Å².